The highest BCUT2D eigenvalue weighted by Crippen LogP contribution is 2.14. The lowest BCUT2D eigenvalue weighted by atomic mass is 10.2. The van der Waals surface area contributed by atoms with E-state index in [2.05, 4.69) is 10.3 Å². The van der Waals surface area contributed by atoms with Crippen molar-refractivity contribution in [2.24, 2.45) is 0 Å². The van der Waals surface area contributed by atoms with Crippen LogP contribution in [0.1, 0.15) is 24.3 Å². The SMILES string of the molecule is COc1cccnc1C(=O)CNC(C)C. The molecule has 0 aliphatic heterocycles. The molecular weight excluding hydrogens is 192 g/mol. The Morgan fingerprint density at radius 1 is 1.60 bits per heavy atom. The summed E-state index contributed by atoms with van der Waals surface area (Å²) < 4.78 is 5.06. The van der Waals surface area contributed by atoms with Crippen LogP contribution in [0.15, 0.2) is 18.3 Å². The van der Waals surface area contributed by atoms with Crippen molar-refractivity contribution in [1.29, 1.82) is 0 Å². The highest BCUT2D eigenvalue weighted by molar-refractivity contribution is 5.98. The Balaban J connectivity index is 2.72. The van der Waals surface area contributed by atoms with Crippen LogP contribution in [0.5, 0.6) is 5.75 Å². The second kappa shape index (κ2) is 5.46. The number of pyridine rings is 1. The van der Waals surface area contributed by atoms with Crippen molar-refractivity contribution in [3.63, 3.8) is 0 Å². The molecule has 4 nitrogen and oxygen atoms in total. The fourth-order valence-corrected chi connectivity index (χ4v) is 1.15. The van der Waals surface area contributed by atoms with E-state index in [-0.39, 0.29) is 18.4 Å². The van der Waals surface area contributed by atoms with E-state index in [4.69, 9.17) is 4.74 Å². The van der Waals surface area contributed by atoms with Gasteiger partial charge in [-0.05, 0) is 12.1 Å². The molecule has 0 atom stereocenters. The average Bonchev–Trinajstić information content (AvgIpc) is 2.25. The third-order valence-corrected chi connectivity index (χ3v) is 1.93. The minimum Gasteiger partial charge on any atom is -0.494 e. The molecule has 0 aliphatic rings. The number of carbonyl (C=O) groups is 1. The van der Waals surface area contributed by atoms with Gasteiger partial charge in [-0.25, -0.2) is 4.98 Å². The molecular formula is C11H16N2O2. The molecule has 1 aromatic heterocycles. The van der Waals surface area contributed by atoms with Crippen LogP contribution in [0.3, 0.4) is 0 Å². The van der Waals surface area contributed by atoms with Crippen LogP contribution in [0.2, 0.25) is 0 Å². The van der Waals surface area contributed by atoms with Crippen molar-refractivity contribution >= 4 is 5.78 Å². The van der Waals surface area contributed by atoms with Crippen LogP contribution >= 0.6 is 0 Å². The fourth-order valence-electron chi connectivity index (χ4n) is 1.15. The van der Waals surface area contributed by atoms with E-state index < -0.39 is 0 Å². The number of hydrogen-bond acceptors (Lipinski definition) is 4. The molecule has 1 aromatic rings. The summed E-state index contributed by atoms with van der Waals surface area (Å²) in [6, 6.07) is 3.75. The van der Waals surface area contributed by atoms with Crippen molar-refractivity contribution in [3.8, 4) is 5.75 Å². The van der Waals surface area contributed by atoms with E-state index in [1.54, 1.807) is 18.3 Å². The third kappa shape index (κ3) is 3.32. The fraction of sp³-hybridized carbons (Fsp3) is 0.455. The van der Waals surface area contributed by atoms with Crippen molar-refractivity contribution in [2.45, 2.75) is 19.9 Å². The topological polar surface area (TPSA) is 51.2 Å². The molecule has 1 N–H and O–H groups in total. The first kappa shape index (κ1) is 11.7. The maximum Gasteiger partial charge on any atom is 0.198 e. The molecule has 0 unspecified atom stereocenters. The predicted octanol–water partition coefficient (Wildman–Crippen LogP) is 1.27. The lowest BCUT2D eigenvalue weighted by molar-refractivity contribution is 0.0980. The summed E-state index contributed by atoms with van der Waals surface area (Å²) in [6.07, 6.45) is 1.59. The Labute approximate surface area is 89.7 Å². The standard InChI is InChI=1S/C11H16N2O2/c1-8(2)13-7-9(14)11-10(15-3)5-4-6-12-11/h4-6,8,13H,7H2,1-3H3. The number of rotatable bonds is 5. The normalized spacial score (nSPS) is 10.4. The van der Waals surface area contributed by atoms with Crippen molar-refractivity contribution < 1.29 is 9.53 Å². The molecule has 0 saturated carbocycles. The Hall–Kier alpha value is -1.42. The van der Waals surface area contributed by atoms with Gasteiger partial charge in [-0.3, -0.25) is 4.79 Å². The lowest BCUT2D eigenvalue weighted by Gasteiger charge is -2.08. The monoisotopic (exact) mass is 208 g/mol. The van der Waals surface area contributed by atoms with E-state index in [9.17, 15) is 4.79 Å². The number of carbonyl (C=O) groups excluding carboxylic acids is 1. The second-order valence-electron chi connectivity index (χ2n) is 3.51. The van der Waals surface area contributed by atoms with Gasteiger partial charge in [0.15, 0.2) is 5.78 Å². The van der Waals surface area contributed by atoms with Gasteiger partial charge < -0.3 is 10.1 Å². The van der Waals surface area contributed by atoms with Crippen LogP contribution in [0.25, 0.3) is 0 Å². The van der Waals surface area contributed by atoms with Gasteiger partial charge >= 0.3 is 0 Å². The van der Waals surface area contributed by atoms with E-state index in [0.29, 0.717) is 11.4 Å². The summed E-state index contributed by atoms with van der Waals surface area (Å²) in [7, 11) is 1.53. The maximum absolute atomic E-state index is 11.7. The first-order valence-corrected chi connectivity index (χ1v) is 4.90. The summed E-state index contributed by atoms with van der Waals surface area (Å²) in [5.41, 5.74) is 0.383. The molecule has 0 amide bonds. The van der Waals surface area contributed by atoms with Gasteiger partial charge in [-0.1, -0.05) is 13.8 Å². The number of Topliss-reactive ketones (excluding diaryl/α,β-unsaturated/α-hetero) is 1. The van der Waals surface area contributed by atoms with E-state index in [1.165, 1.54) is 7.11 Å². The molecule has 4 heteroatoms. The molecule has 1 heterocycles. The quantitative estimate of drug-likeness (QED) is 0.740. The van der Waals surface area contributed by atoms with Crippen LogP contribution in [-0.4, -0.2) is 30.5 Å². The van der Waals surface area contributed by atoms with Gasteiger partial charge in [0, 0.05) is 12.2 Å². The van der Waals surface area contributed by atoms with E-state index >= 15 is 0 Å². The Kier molecular flexibility index (Phi) is 4.24. The maximum atomic E-state index is 11.7. The first-order valence-electron chi connectivity index (χ1n) is 4.90. The summed E-state index contributed by atoms with van der Waals surface area (Å²) in [6.45, 7) is 4.26. The molecule has 15 heavy (non-hydrogen) atoms. The highest BCUT2D eigenvalue weighted by Gasteiger charge is 2.12. The Morgan fingerprint density at radius 3 is 2.93 bits per heavy atom. The molecule has 82 valence electrons. The Morgan fingerprint density at radius 2 is 2.33 bits per heavy atom. The van der Waals surface area contributed by atoms with Crippen molar-refractivity contribution in [1.82, 2.24) is 10.3 Å². The number of methoxy groups -OCH3 is 1. The van der Waals surface area contributed by atoms with Gasteiger partial charge in [0.1, 0.15) is 11.4 Å². The third-order valence-electron chi connectivity index (χ3n) is 1.93. The lowest BCUT2D eigenvalue weighted by Crippen LogP contribution is -2.29. The van der Waals surface area contributed by atoms with E-state index in [1.807, 2.05) is 13.8 Å². The van der Waals surface area contributed by atoms with Crippen LogP contribution < -0.4 is 10.1 Å². The Bertz CT molecular complexity index is 337. The average molecular weight is 208 g/mol. The molecule has 0 radical (unpaired) electrons. The van der Waals surface area contributed by atoms with Crippen LogP contribution in [0, 0.1) is 0 Å². The number of ether oxygens (including phenoxy) is 1. The number of aromatic nitrogens is 1. The minimum atomic E-state index is -0.0545. The zero-order chi connectivity index (χ0) is 11.3. The number of hydrogen-bond donors (Lipinski definition) is 1. The van der Waals surface area contributed by atoms with E-state index in [0.717, 1.165) is 0 Å². The summed E-state index contributed by atoms with van der Waals surface area (Å²) >= 11 is 0. The molecule has 0 spiro atoms. The zero-order valence-electron chi connectivity index (χ0n) is 9.28. The number of nitrogens with zero attached hydrogens (tertiary/aromatic N) is 1. The molecule has 0 fully saturated rings. The predicted molar refractivity (Wildman–Crippen MR) is 58.3 cm³/mol. The first-order chi connectivity index (χ1) is 7.15. The molecule has 0 aliphatic carbocycles. The largest absolute Gasteiger partial charge is 0.494 e. The molecule has 1 rings (SSSR count). The molecule has 0 bridgehead atoms. The highest BCUT2D eigenvalue weighted by atomic mass is 16.5. The van der Waals surface area contributed by atoms with Gasteiger partial charge in [0.25, 0.3) is 0 Å². The summed E-state index contributed by atoms with van der Waals surface area (Å²) in [4.78, 5) is 15.7. The van der Waals surface area contributed by atoms with Gasteiger partial charge in [-0.2, -0.15) is 0 Å². The van der Waals surface area contributed by atoms with Crippen LogP contribution in [-0.2, 0) is 0 Å². The number of ketones is 1. The van der Waals surface area contributed by atoms with Gasteiger partial charge in [0.2, 0.25) is 0 Å². The van der Waals surface area contributed by atoms with Crippen molar-refractivity contribution in [2.75, 3.05) is 13.7 Å². The van der Waals surface area contributed by atoms with Gasteiger partial charge in [-0.15, -0.1) is 0 Å². The summed E-state index contributed by atoms with van der Waals surface area (Å²) in [5.74, 6) is 0.467. The van der Waals surface area contributed by atoms with Gasteiger partial charge in [0.05, 0.1) is 13.7 Å². The zero-order valence-corrected chi connectivity index (χ0v) is 9.28. The van der Waals surface area contributed by atoms with Crippen LogP contribution in [0.4, 0.5) is 0 Å². The smallest absolute Gasteiger partial charge is 0.198 e. The molecule has 0 aromatic carbocycles. The number of nitrogens with one attached hydrogen (secondary N) is 1. The minimum absolute atomic E-state index is 0.0545. The molecule has 0 saturated heterocycles. The second-order valence-corrected chi connectivity index (χ2v) is 3.51. The van der Waals surface area contributed by atoms with Crippen molar-refractivity contribution in [3.05, 3.63) is 24.0 Å². The summed E-state index contributed by atoms with van der Waals surface area (Å²) in [5, 5.41) is 3.05.